The molecule has 0 heterocycles. The zero-order valence-electron chi connectivity index (χ0n) is 24.1. The lowest BCUT2D eigenvalue weighted by atomic mass is 10.1. The number of carbonyl (C=O) groups is 8. The minimum atomic E-state index is -1.88. The Morgan fingerprint density at radius 2 is 1.29 bits per heavy atom. The highest BCUT2D eigenvalue weighted by molar-refractivity contribution is 8.76. The second kappa shape index (κ2) is 22.2. The highest BCUT2D eigenvalue weighted by Crippen LogP contribution is 2.21. The van der Waals surface area contributed by atoms with Gasteiger partial charge >= 0.3 is 17.9 Å². The molecule has 254 valence electrons. The maximum absolute atomic E-state index is 13.0. The molecule has 0 aromatic rings. The summed E-state index contributed by atoms with van der Waals surface area (Å²) in [4.78, 5) is 99.5. The minimum Gasteiger partial charge on any atom is -0.481 e. The number of guanidine groups is 1. The fourth-order valence-electron chi connectivity index (χ4n) is 3.14. The second-order valence-electron chi connectivity index (χ2n) is 9.09. The molecule has 0 fully saturated rings. The minimum absolute atomic E-state index is 0.0588. The molecule has 0 saturated carbocycles. The summed E-state index contributed by atoms with van der Waals surface area (Å²) in [5, 5.41) is 36.7. The van der Waals surface area contributed by atoms with Gasteiger partial charge in [0, 0.05) is 18.1 Å². The van der Waals surface area contributed by atoms with Crippen molar-refractivity contribution in [3.05, 3.63) is 0 Å². The van der Waals surface area contributed by atoms with E-state index in [1.54, 1.807) is 0 Å². The smallest absolute Gasteiger partial charge is 0.327 e. The molecule has 0 aliphatic heterocycles. The largest absolute Gasteiger partial charge is 0.481 e. The van der Waals surface area contributed by atoms with Gasteiger partial charge in [0.1, 0.15) is 30.8 Å². The Morgan fingerprint density at radius 3 is 1.73 bits per heavy atom. The Labute approximate surface area is 264 Å². The molecule has 0 unspecified atom stereocenters. The zero-order chi connectivity index (χ0) is 34.5. The van der Waals surface area contributed by atoms with Gasteiger partial charge in [0.2, 0.25) is 23.6 Å². The first-order chi connectivity index (χ1) is 21.1. The van der Waals surface area contributed by atoms with Crippen molar-refractivity contribution in [1.29, 1.82) is 0 Å². The summed E-state index contributed by atoms with van der Waals surface area (Å²) in [6.07, 6.45) is -1.94. The van der Waals surface area contributed by atoms with Crippen molar-refractivity contribution < 1.29 is 58.4 Å². The summed E-state index contributed by atoms with van der Waals surface area (Å²) in [6.45, 7) is 1.71. The lowest BCUT2D eigenvalue weighted by molar-refractivity contribution is -0.144. The van der Waals surface area contributed by atoms with E-state index >= 15 is 0 Å². The van der Waals surface area contributed by atoms with Crippen LogP contribution in [0.4, 0.5) is 0 Å². The number of aliphatic imine (C=N–C) groups is 1. The molecule has 0 aromatic heterocycles. The third kappa shape index (κ3) is 18.9. The fraction of sp³-hybridized carbons (Fsp3) is 0.609. The van der Waals surface area contributed by atoms with Crippen LogP contribution in [0.1, 0.15) is 32.6 Å². The Kier molecular flexibility index (Phi) is 20.1. The van der Waals surface area contributed by atoms with Crippen LogP contribution in [0.3, 0.4) is 0 Å². The molecule has 0 saturated heterocycles. The lowest BCUT2D eigenvalue weighted by Crippen LogP contribution is -2.59. The number of carboxylic acids is 3. The maximum atomic E-state index is 13.0. The van der Waals surface area contributed by atoms with Crippen molar-refractivity contribution in [2.24, 2.45) is 22.2 Å². The topological polar surface area (TPSA) is 345 Å². The van der Waals surface area contributed by atoms with Crippen molar-refractivity contribution in [3.63, 3.8) is 0 Å². The molecule has 0 aliphatic rings. The molecule has 0 aliphatic carbocycles. The van der Waals surface area contributed by atoms with Gasteiger partial charge in [0.25, 0.3) is 6.47 Å². The van der Waals surface area contributed by atoms with Gasteiger partial charge in [-0.25, -0.2) is 4.79 Å². The van der Waals surface area contributed by atoms with E-state index in [-0.39, 0.29) is 44.2 Å². The number of nitrogens with one attached hydrogen (secondary N) is 4. The predicted octanol–water partition coefficient (Wildman–Crippen LogP) is -4.09. The number of carboxylic acid groups (broad SMARTS) is 3. The number of rotatable bonds is 24. The van der Waals surface area contributed by atoms with E-state index < -0.39 is 84.6 Å². The lowest BCUT2D eigenvalue weighted by Gasteiger charge is -2.25. The van der Waals surface area contributed by atoms with E-state index in [0.717, 1.165) is 21.6 Å². The van der Waals surface area contributed by atoms with Crippen LogP contribution in [0.2, 0.25) is 0 Å². The molecule has 4 amide bonds. The van der Waals surface area contributed by atoms with E-state index in [1.807, 2.05) is 5.32 Å². The molecule has 0 spiro atoms. The van der Waals surface area contributed by atoms with Crippen LogP contribution >= 0.6 is 21.6 Å². The van der Waals surface area contributed by atoms with Crippen molar-refractivity contribution in [3.8, 4) is 0 Å². The SMILES string of the molecule is C[C@H](N)C(=O)N[C@@H](CCCN=C(N)N)C(=O)N[C@@H](CC(=O)O)C(=O)N[C@@H](CC(=O)O)C(=O)N[C@@H](CSSCCOC=O)C(=O)O. The predicted molar refractivity (Wildman–Crippen MR) is 160 cm³/mol. The number of hydrogen-bond acceptors (Lipinski definition) is 13. The quantitative estimate of drug-likeness (QED) is 0.0152. The molecule has 0 bridgehead atoms. The molecular formula is C23H38N8O12S2. The molecule has 22 heteroatoms. The van der Waals surface area contributed by atoms with Crippen LogP contribution < -0.4 is 38.5 Å². The number of carbonyl (C=O) groups excluding carboxylic acids is 5. The summed E-state index contributed by atoms with van der Waals surface area (Å²) < 4.78 is 4.50. The second-order valence-corrected chi connectivity index (χ2v) is 11.7. The van der Waals surface area contributed by atoms with Crippen molar-refractivity contribution in [2.75, 3.05) is 24.7 Å². The van der Waals surface area contributed by atoms with Crippen LogP contribution in [-0.4, -0.2) is 124 Å². The average molecular weight is 683 g/mol. The Balaban J connectivity index is 5.76. The zero-order valence-corrected chi connectivity index (χ0v) is 25.8. The number of aliphatic carboxylic acids is 3. The number of nitrogens with two attached hydrogens (primary N) is 3. The number of nitrogens with zero attached hydrogens (tertiary/aromatic N) is 1. The van der Waals surface area contributed by atoms with E-state index in [1.165, 1.54) is 6.92 Å². The molecule has 5 atom stereocenters. The molecule has 0 radical (unpaired) electrons. The van der Waals surface area contributed by atoms with Crippen LogP contribution in [0.25, 0.3) is 0 Å². The highest BCUT2D eigenvalue weighted by atomic mass is 33.1. The first kappa shape index (κ1) is 40.7. The van der Waals surface area contributed by atoms with E-state index in [2.05, 4.69) is 25.7 Å². The maximum Gasteiger partial charge on any atom is 0.327 e. The third-order valence-corrected chi connectivity index (χ3v) is 7.68. The van der Waals surface area contributed by atoms with Crippen molar-refractivity contribution >= 4 is 75.6 Å². The Hall–Kier alpha value is -4.31. The van der Waals surface area contributed by atoms with Gasteiger partial charge in [-0.2, -0.15) is 0 Å². The standard InChI is InChI=1S/C23H38N8O12S2/c1-11(24)18(37)28-12(3-2-4-27-23(25)26)19(38)29-13(7-16(33)34)20(39)30-14(8-17(35)36)21(40)31-15(22(41)42)9-45-44-6-5-43-10-32/h10-15H,2-9,24H2,1H3,(H,28,37)(H,29,38)(H,30,39)(H,31,40)(H,33,34)(H,35,36)(H,41,42)(H4,25,26,27)/t11-,12-,13-,14-,15-/m0/s1. The number of hydrogen-bond donors (Lipinski definition) is 10. The van der Waals surface area contributed by atoms with E-state index in [9.17, 15) is 53.7 Å². The van der Waals surface area contributed by atoms with Gasteiger partial charge < -0.3 is 58.5 Å². The van der Waals surface area contributed by atoms with Gasteiger partial charge in [-0.05, 0) is 19.8 Å². The molecule has 13 N–H and O–H groups in total. The van der Waals surface area contributed by atoms with Gasteiger partial charge in [-0.15, -0.1) is 0 Å². The van der Waals surface area contributed by atoms with Gasteiger partial charge in [0.15, 0.2) is 5.96 Å². The molecule has 45 heavy (non-hydrogen) atoms. The average Bonchev–Trinajstić information content (AvgIpc) is 2.93. The number of amides is 4. The normalized spacial score (nSPS) is 13.8. The summed E-state index contributed by atoms with van der Waals surface area (Å²) >= 11 is 0. The summed E-state index contributed by atoms with van der Waals surface area (Å²) in [5.41, 5.74) is 16.1. The summed E-state index contributed by atoms with van der Waals surface area (Å²) in [7, 11) is 2.14. The van der Waals surface area contributed by atoms with Crippen molar-refractivity contribution in [1.82, 2.24) is 21.3 Å². The fourth-order valence-corrected chi connectivity index (χ4v) is 5.14. The first-order valence-corrected chi connectivity index (χ1v) is 15.6. The van der Waals surface area contributed by atoms with Crippen LogP contribution in [-0.2, 0) is 43.1 Å². The Morgan fingerprint density at radius 1 is 0.800 bits per heavy atom. The molecular weight excluding hydrogens is 644 g/mol. The monoisotopic (exact) mass is 682 g/mol. The van der Waals surface area contributed by atoms with Crippen LogP contribution in [0, 0.1) is 0 Å². The third-order valence-electron chi connectivity index (χ3n) is 5.30. The summed E-state index contributed by atoms with van der Waals surface area (Å²) in [5.74, 6) is -8.95. The van der Waals surface area contributed by atoms with E-state index in [4.69, 9.17) is 17.2 Å². The summed E-state index contributed by atoms with van der Waals surface area (Å²) in [6, 6.07) is -7.62. The molecule has 0 rings (SSSR count). The van der Waals surface area contributed by atoms with Crippen LogP contribution in [0.15, 0.2) is 4.99 Å². The van der Waals surface area contributed by atoms with Gasteiger partial charge in [0.05, 0.1) is 18.9 Å². The Bertz CT molecular complexity index is 1090. The molecule has 20 nitrogen and oxygen atoms in total. The van der Waals surface area contributed by atoms with Gasteiger partial charge in [-0.3, -0.25) is 38.6 Å². The van der Waals surface area contributed by atoms with Gasteiger partial charge in [-0.1, -0.05) is 21.6 Å². The first-order valence-electron chi connectivity index (χ1n) is 13.1. The number of ether oxygens (including phenoxy) is 1. The molecule has 0 aromatic carbocycles. The van der Waals surface area contributed by atoms with Crippen LogP contribution in [0.5, 0.6) is 0 Å². The van der Waals surface area contributed by atoms with Crippen molar-refractivity contribution in [2.45, 2.75) is 62.8 Å². The highest BCUT2D eigenvalue weighted by Gasteiger charge is 2.33. The van der Waals surface area contributed by atoms with E-state index in [0.29, 0.717) is 5.75 Å².